The second kappa shape index (κ2) is 9.29. The molecular formula is C18H34O4. The summed E-state index contributed by atoms with van der Waals surface area (Å²) in [6, 6.07) is 0. The van der Waals surface area contributed by atoms with Crippen molar-refractivity contribution in [3.05, 3.63) is 0 Å². The number of ether oxygens (including phenoxy) is 1. The predicted molar refractivity (Wildman–Crippen MR) is 88.5 cm³/mol. The standard InChI is InChI=1S/C16H28O4.C2H6/c1-5-13(18)16(4)9-8-12(15(16,2)3)14(19)20-11-7-6-10-17;1-2/h12,17H,5-11H2,1-4H3;1-2H3/t12?,16-;/m0./s1. The fourth-order valence-corrected chi connectivity index (χ4v) is 3.29. The number of esters is 1. The van der Waals surface area contributed by atoms with Gasteiger partial charge in [0.15, 0.2) is 0 Å². The van der Waals surface area contributed by atoms with Crippen LogP contribution in [-0.2, 0) is 14.3 Å². The highest BCUT2D eigenvalue weighted by molar-refractivity contribution is 5.87. The summed E-state index contributed by atoms with van der Waals surface area (Å²) in [6.45, 7) is 12.3. The molecule has 1 unspecified atom stereocenters. The van der Waals surface area contributed by atoms with Crippen molar-refractivity contribution in [2.75, 3.05) is 13.2 Å². The van der Waals surface area contributed by atoms with Crippen LogP contribution in [0.2, 0.25) is 0 Å². The van der Waals surface area contributed by atoms with Gasteiger partial charge >= 0.3 is 5.97 Å². The Labute approximate surface area is 135 Å². The summed E-state index contributed by atoms with van der Waals surface area (Å²) in [5, 5.41) is 8.70. The molecule has 0 spiro atoms. The summed E-state index contributed by atoms with van der Waals surface area (Å²) in [6.07, 6.45) is 3.31. The number of hydrogen-bond acceptors (Lipinski definition) is 4. The van der Waals surface area contributed by atoms with Crippen LogP contribution in [0.3, 0.4) is 0 Å². The fraction of sp³-hybridized carbons (Fsp3) is 0.889. The van der Waals surface area contributed by atoms with Gasteiger partial charge in [0.25, 0.3) is 0 Å². The minimum Gasteiger partial charge on any atom is -0.465 e. The topological polar surface area (TPSA) is 63.6 Å². The molecule has 0 aromatic rings. The van der Waals surface area contributed by atoms with E-state index in [2.05, 4.69) is 0 Å². The third kappa shape index (κ3) is 4.31. The van der Waals surface area contributed by atoms with Crippen molar-refractivity contribution in [1.29, 1.82) is 0 Å². The van der Waals surface area contributed by atoms with Crippen molar-refractivity contribution in [1.82, 2.24) is 0 Å². The first-order valence-corrected chi connectivity index (χ1v) is 8.62. The third-order valence-electron chi connectivity index (χ3n) is 5.24. The maximum Gasteiger partial charge on any atom is 0.309 e. The molecule has 130 valence electrons. The predicted octanol–water partition coefficient (Wildman–Crippen LogP) is 3.75. The number of hydrogen-bond donors (Lipinski definition) is 1. The van der Waals surface area contributed by atoms with Crippen molar-refractivity contribution >= 4 is 11.8 Å². The first kappa shape index (κ1) is 21.1. The minimum absolute atomic E-state index is 0.121. The zero-order valence-electron chi connectivity index (χ0n) is 15.2. The van der Waals surface area contributed by atoms with E-state index >= 15 is 0 Å². The van der Waals surface area contributed by atoms with E-state index in [0.29, 0.717) is 32.3 Å². The Morgan fingerprint density at radius 1 is 1.18 bits per heavy atom. The van der Waals surface area contributed by atoms with Crippen molar-refractivity contribution < 1.29 is 19.4 Å². The molecule has 0 saturated heterocycles. The van der Waals surface area contributed by atoms with Gasteiger partial charge in [0, 0.05) is 18.4 Å². The van der Waals surface area contributed by atoms with Crippen LogP contribution in [-0.4, -0.2) is 30.1 Å². The monoisotopic (exact) mass is 314 g/mol. The molecule has 0 amide bonds. The number of Topliss-reactive ketones (excluding diaryl/α,β-unsaturated/α-hetero) is 1. The number of carbonyl (C=O) groups is 2. The van der Waals surface area contributed by atoms with E-state index in [1.807, 2.05) is 41.5 Å². The van der Waals surface area contributed by atoms with Gasteiger partial charge in [0.2, 0.25) is 0 Å². The average molecular weight is 314 g/mol. The van der Waals surface area contributed by atoms with E-state index in [0.717, 1.165) is 6.42 Å². The molecule has 1 aliphatic rings. The van der Waals surface area contributed by atoms with Crippen LogP contribution in [0.5, 0.6) is 0 Å². The van der Waals surface area contributed by atoms with Crippen LogP contribution < -0.4 is 0 Å². The van der Waals surface area contributed by atoms with E-state index in [4.69, 9.17) is 9.84 Å². The molecule has 22 heavy (non-hydrogen) atoms. The highest BCUT2D eigenvalue weighted by Crippen LogP contribution is 2.57. The normalized spacial score (nSPS) is 26.0. The number of carbonyl (C=O) groups excluding carboxylic acids is 2. The number of aliphatic hydroxyl groups excluding tert-OH is 1. The lowest BCUT2D eigenvalue weighted by molar-refractivity contribution is -0.154. The molecule has 4 nitrogen and oxygen atoms in total. The minimum atomic E-state index is -0.434. The Kier molecular flexibility index (Phi) is 8.91. The lowest BCUT2D eigenvalue weighted by Gasteiger charge is -2.39. The Hall–Kier alpha value is -0.900. The molecule has 0 aromatic heterocycles. The first-order valence-electron chi connectivity index (χ1n) is 8.62. The van der Waals surface area contributed by atoms with Crippen molar-refractivity contribution in [2.24, 2.45) is 16.7 Å². The van der Waals surface area contributed by atoms with Crippen LogP contribution in [0, 0.1) is 16.7 Å². The van der Waals surface area contributed by atoms with Crippen molar-refractivity contribution in [3.8, 4) is 0 Å². The van der Waals surface area contributed by atoms with Gasteiger partial charge in [-0.25, -0.2) is 0 Å². The molecule has 1 saturated carbocycles. The van der Waals surface area contributed by atoms with Crippen LogP contribution >= 0.6 is 0 Å². The highest BCUT2D eigenvalue weighted by Gasteiger charge is 2.57. The Bertz CT molecular complexity index is 362. The molecule has 0 aromatic carbocycles. The summed E-state index contributed by atoms with van der Waals surface area (Å²) in [5.41, 5.74) is -0.801. The SMILES string of the molecule is CC.CCC(=O)[C@]1(C)CCC(C(=O)OCCCCO)C1(C)C. The highest BCUT2D eigenvalue weighted by atomic mass is 16.5. The second-order valence-electron chi connectivity index (χ2n) is 6.52. The van der Waals surface area contributed by atoms with Crippen LogP contribution in [0.25, 0.3) is 0 Å². The summed E-state index contributed by atoms with van der Waals surface area (Å²) in [7, 11) is 0. The lowest BCUT2D eigenvalue weighted by atomic mass is 9.63. The summed E-state index contributed by atoms with van der Waals surface area (Å²) in [4.78, 5) is 24.5. The lowest BCUT2D eigenvalue weighted by Crippen LogP contribution is -2.42. The first-order chi connectivity index (χ1) is 10.3. The van der Waals surface area contributed by atoms with E-state index in [-0.39, 0.29) is 29.7 Å². The van der Waals surface area contributed by atoms with E-state index < -0.39 is 5.41 Å². The maximum absolute atomic E-state index is 12.2. The molecule has 0 heterocycles. The van der Waals surface area contributed by atoms with Gasteiger partial charge in [-0.2, -0.15) is 0 Å². The summed E-state index contributed by atoms with van der Waals surface area (Å²) >= 11 is 0. The number of unbranched alkanes of at least 4 members (excludes halogenated alkanes) is 1. The third-order valence-corrected chi connectivity index (χ3v) is 5.24. The molecule has 1 rings (SSSR count). The van der Waals surface area contributed by atoms with Crippen LogP contribution in [0.15, 0.2) is 0 Å². The van der Waals surface area contributed by atoms with Crippen LogP contribution in [0.1, 0.15) is 73.6 Å². The molecule has 0 radical (unpaired) electrons. The van der Waals surface area contributed by atoms with E-state index in [1.54, 1.807) is 0 Å². The van der Waals surface area contributed by atoms with Gasteiger partial charge in [-0.1, -0.05) is 41.5 Å². The van der Waals surface area contributed by atoms with Gasteiger partial charge in [0.1, 0.15) is 5.78 Å². The van der Waals surface area contributed by atoms with Gasteiger partial charge in [0.05, 0.1) is 12.5 Å². The quantitative estimate of drug-likeness (QED) is 0.574. The van der Waals surface area contributed by atoms with Crippen LogP contribution in [0.4, 0.5) is 0 Å². The molecule has 2 atom stereocenters. The Morgan fingerprint density at radius 2 is 1.77 bits per heavy atom. The second-order valence-corrected chi connectivity index (χ2v) is 6.52. The van der Waals surface area contributed by atoms with E-state index in [9.17, 15) is 9.59 Å². The molecule has 1 fully saturated rings. The molecule has 1 aliphatic carbocycles. The molecule has 4 heteroatoms. The molecular weight excluding hydrogens is 280 g/mol. The van der Waals surface area contributed by atoms with Gasteiger partial charge in [-0.15, -0.1) is 0 Å². The Balaban J connectivity index is 0.00000211. The fourth-order valence-electron chi connectivity index (χ4n) is 3.29. The van der Waals surface area contributed by atoms with Gasteiger partial charge in [-0.05, 0) is 31.1 Å². The number of ketones is 1. The molecule has 1 N–H and O–H groups in total. The van der Waals surface area contributed by atoms with Crippen molar-refractivity contribution in [2.45, 2.75) is 73.6 Å². The summed E-state index contributed by atoms with van der Waals surface area (Å²) in [5.74, 6) is -0.171. The zero-order chi connectivity index (χ0) is 17.4. The smallest absolute Gasteiger partial charge is 0.309 e. The van der Waals surface area contributed by atoms with Gasteiger partial charge in [-0.3, -0.25) is 9.59 Å². The zero-order valence-corrected chi connectivity index (χ0v) is 15.2. The maximum atomic E-state index is 12.2. The molecule has 0 bridgehead atoms. The van der Waals surface area contributed by atoms with Crippen molar-refractivity contribution in [3.63, 3.8) is 0 Å². The largest absolute Gasteiger partial charge is 0.465 e. The summed E-state index contributed by atoms with van der Waals surface area (Å²) < 4.78 is 5.31. The van der Waals surface area contributed by atoms with Gasteiger partial charge < -0.3 is 9.84 Å². The Morgan fingerprint density at radius 3 is 2.27 bits per heavy atom. The number of rotatable bonds is 7. The average Bonchev–Trinajstić information content (AvgIpc) is 2.76. The number of aliphatic hydroxyl groups is 1. The van der Waals surface area contributed by atoms with E-state index in [1.165, 1.54) is 0 Å². The molecule has 0 aliphatic heterocycles.